The number of furan rings is 1. The molecule has 1 aromatic carbocycles. The maximum atomic E-state index is 12.7. The third-order valence-corrected chi connectivity index (χ3v) is 4.96. The Kier molecular flexibility index (Phi) is 6.51. The maximum absolute atomic E-state index is 12.7. The second kappa shape index (κ2) is 9.05. The number of nitrogens with one attached hydrogen (secondary N) is 2. The molecule has 0 radical (unpaired) electrons. The molecule has 1 unspecified atom stereocenters. The van der Waals surface area contributed by atoms with Crippen LogP contribution in [0.15, 0.2) is 45.3 Å². The van der Waals surface area contributed by atoms with E-state index >= 15 is 0 Å². The zero-order valence-electron chi connectivity index (χ0n) is 15.4. The number of ether oxygens (including phenoxy) is 1. The molecule has 0 spiro atoms. The highest BCUT2D eigenvalue weighted by molar-refractivity contribution is 9.10. The van der Waals surface area contributed by atoms with Crippen molar-refractivity contribution in [1.82, 2.24) is 10.6 Å². The Morgan fingerprint density at radius 1 is 1.43 bits per heavy atom. The first-order chi connectivity index (χ1) is 13.5. The molecule has 0 saturated carbocycles. The van der Waals surface area contributed by atoms with Gasteiger partial charge in [-0.2, -0.15) is 0 Å². The van der Waals surface area contributed by atoms with E-state index in [1.54, 1.807) is 25.1 Å². The van der Waals surface area contributed by atoms with E-state index in [-0.39, 0.29) is 24.2 Å². The Hall–Kier alpha value is -2.61. The molecular formula is C20H21BrN2O5. The molecule has 28 heavy (non-hydrogen) atoms. The van der Waals surface area contributed by atoms with E-state index in [1.807, 2.05) is 12.1 Å². The smallest absolute Gasteiger partial charge is 0.330 e. The summed E-state index contributed by atoms with van der Waals surface area (Å²) in [5, 5.41) is 6.41. The van der Waals surface area contributed by atoms with E-state index in [2.05, 4.69) is 26.6 Å². The second-order valence-electron chi connectivity index (χ2n) is 6.50. The Morgan fingerprint density at radius 2 is 2.25 bits per heavy atom. The molecule has 2 atom stereocenters. The van der Waals surface area contributed by atoms with E-state index in [0.717, 1.165) is 9.86 Å². The summed E-state index contributed by atoms with van der Waals surface area (Å²) in [4.78, 5) is 36.2. The number of benzene rings is 1. The molecule has 3 rings (SSSR count). The number of hydrogen-bond donors (Lipinski definition) is 2. The molecule has 1 aliphatic rings. The summed E-state index contributed by atoms with van der Waals surface area (Å²) in [5.74, 6) is -1.00. The van der Waals surface area contributed by atoms with Gasteiger partial charge in [-0.05, 0) is 44.0 Å². The second-order valence-corrected chi connectivity index (χ2v) is 7.41. The molecule has 1 fully saturated rings. The van der Waals surface area contributed by atoms with Crippen molar-refractivity contribution in [1.29, 1.82) is 0 Å². The van der Waals surface area contributed by atoms with Gasteiger partial charge in [0.1, 0.15) is 5.58 Å². The van der Waals surface area contributed by atoms with Crippen molar-refractivity contribution >= 4 is 44.7 Å². The molecule has 148 valence electrons. The zero-order chi connectivity index (χ0) is 20.1. The van der Waals surface area contributed by atoms with E-state index < -0.39 is 17.9 Å². The van der Waals surface area contributed by atoms with Crippen LogP contribution in [0.2, 0.25) is 0 Å². The fourth-order valence-corrected chi connectivity index (χ4v) is 3.49. The van der Waals surface area contributed by atoms with E-state index in [1.165, 1.54) is 6.08 Å². The SMILES string of the molecule is CCOC(=O)/C=C/C(C[C@@H]1CCNC1=O)NC(=O)c1cc2cc(Br)ccc2o1. The van der Waals surface area contributed by atoms with Crippen LogP contribution in [0.1, 0.15) is 30.3 Å². The lowest BCUT2D eigenvalue weighted by molar-refractivity contribution is -0.137. The number of fused-ring (bicyclic) bond motifs is 1. The largest absolute Gasteiger partial charge is 0.463 e. The summed E-state index contributed by atoms with van der Waals surface area (Å²) in [6.45, 7) is 2.60. The van der Waals surface area contributed by atoms with Gasteiger partial charge in [-0.15, -0.1) is 0 Å². The summed E-state index contributed by atoms with van der Waals surface area (Å²) in [5.41, 5.74) is 0.599. The lowest BCUT2D eigenvalue weighted by atomic mass is 9.98. The molecule has 2 aromatic rings. The van der Waals surface area contributed by atoms with E-state index in [0.29, 0.717) is 25.0 Å². The van der Waals surface area contributed by atoms with E-state index in [9.17, 15) is 14.4 Å². The highest BCUT2D eigenvalue weighted by atomic mass is 79.9. The van der Waals surface area contributed by atoms with Gasteiger partial charge in [0.05, 0.1) is 6.61 Å². The van der Waals surface area contributed by atoms with Crippen molar-refractivity contribution in [2.24, 2.45) is 5.92 Å². The lowest BCUT2D eigenvalue weighted by Crippen LogP contribution is -2.36. The zero-order valence-corrected chi connectivity index (χ0v) is 17.0. The van der Waals surface area contributed by atoms with Crippen molar-refractivity contribution in [2.75, 3.05) is 13.2 Å². The third-order valence-electron chi connectivity index (χ3n) is 4.47. The molecule has 0 aliphatic carbocycles. The van der Waals surface area contributed by atoms with Crippen LogP contribution in [0.4, 0.5) is 0 Å². The molecule has 2 amide bonds. The first kappa shape index (κ1) is 20.1. The summed E-state index contributed by atoms with van der Waals surface area (Å²) in [6, 6.07) is 6.61. The standard InChI is InChI=1S/C20H21BrN2O5/c1-2-27-18(24)6-4-15(10-12-7-8-22-19(12)25)23-20(26)17-11-13-9-14(21)3-5-16(13)28-17/h3-6,9,11-12,15H,2,7-8,10H2,1H3,(H,22,25)(H,23,26)/b6-4+/t12-,15?/m0/s1. The maximum Gasteiger partial charge on any atom is 0.330 e. The van der Waals surface area contributed by atoms with Gasteiger partial charge in [0.25, 0.3) is 5.91 Å². The van der Waals surface area contributed by atoms with Gasteiger partial charge >= 0.3 is 5.97 Å². The molecule has 7 nitrogen and oxygen atoms in total. The number of halogens is 1. The van der Waals surface area contributed by atoms with Gasteiger partial charge in [0.2, 0.25) is 5.91 Å². The predicted octanol–water partition coefficient (Wildman–Crippen LogP) is 2.94. The highest BCUT2D eigenvalue weighted by Crippen LogP contribution is 2.24. The third kappa shape index (κ3) is 5.01. The minimum Gasteiger partial charge on any atom is -0.463 e. The topological polar surface area (TPSA) is 97.6 Å². The van der Waals surface area contributed by atoms with Crippen LogP contribution < -0.4 is 10.6 Å². The fourth-order valence-electron chi connectivity index (χ4n) is 3.11. The summed E-state index contributed by atoms with van der Waals surface area (Å²) < 4.78 is 11.4. The van der Waals surface area contributed by atoms with Crippen molar-refractivity contribution in [3.63, 3.8) is 0 Å². The van der Waals surface area contributed by atoms with Gasteiger partial charge in [0, 0.05) is 34.4 Å². The molecule has 1 aliphatic heterocycles. The molecule has 2 N–H and O–H groups in total. The normalized spacial score (nSPS) is 17.6. The Bertz CT molecular complexity index is 920. The number of esters is 1. The average molecular weight is 449 g/mol. The number of hydrogen-bond acceptors (Lipinski definition) is 5. The Morgan fingerprint density at radius 3 is 2.96 bits per heavy atom. The van der Waals surface area contributed by atoms with Gasteiger partial charge in [-0.25, -0.2) is 4.79 Å². The molecule has 1 aromatic heterocycles. The summed E-state index contributed by atoms with van der Waals surface area (Å²) in [7, 11) is 0. The predicted molar refractivity (Wildman–Crippen MR) is 107 cm³/mol. The molecule has 8 heteroatoms. The van der Waals surface area contributed by atoms with Crippen LogP contribution in [0.25, 0.3) is 11.0 Å². The van der Waals surface area contributed by atoms with Crippen LogP contribution in [-0.2, 0) is 14.3 Å². The van der Waals surface area contributed by atoms with Crippen LogP contribution >= 0.6 is 15.9 Å². The minimum atomic E-state index is -0.509. The molecule has 1 saturated heterocycles. The first-order valence-corrected chi connectivity index (χ1v) is 9.88. The van der Waals surface area contributed by atoms with Crippen molar-refractivity contribution < 1.29 is 23.5 Å². The molecular weight excluding hydrogens is 428 g/mol. The van der Waals surface area contributed by atoms with Gasteiger partial charge in [0.15, 0.2) is 5.76 Å². The minimum absolute atomic E-state index is 0.0441. The molecule has 2 heterocycles. The van der Waals surface area contributed by atoms with Gasteiger partial charge in [-0.3, -0.25) is 9.59 Å². The number of rotatable bonds is 7. The highest BCUT2D eigenvalue weighted by Gasteiger charge is 2.27. The van der Waals surface area contributed by atoms with Crippen LogP contribution in [0, 0.1) is 5.92 Å². The number of carbonyl (C=O) groups excluding carboxylic acids is 3. The Labute approximate surface area is 170 Å². The summed E-state index contributed by atoms with van der Waals surface area (Å²) >= 11 is 3.39. The average Bonchev–Trinajstić information content (AvgIpc) is 3.25. The summed E-state index contributed by atoms with van der Waals surface area (Å²) in [6.07, 6.45) is 3.91. The Balaban J connectivity index is 1.74. The lowest BCUT2D eigenvalue weighted by Gasteiger charge is -2.17. The number of carbonyl (C=O) groups is 3. The van der Waals surface area contributed by atoms with Crippen LogP contribution in [-0.4, -0.2) is 37.0 Å². The first-order valence-electron chi connectivity index (χ1n) is 9.09. The fraction of sp³-hybridized carbons (Fsp3) is 0.350. The van der Waals surface area contributed by atoms with Crippen LogP contribution in [0.3, 0.4) is 0 Å². The number of amides is 2. The van der Waals surface area contributed by atoms with E-state index in [4.69, 9.17) is 9.15 Å². The van der Waals surface area contributed by atoms with Crippen molar-refractivity contribution in [3.05, 3.63) is 46.7 Å². The molecule has 0 bridgehead atoms. The van der Waals surface area contributed by atoms with Gasteiger partial charge < -0.3 is 19.8 Å². The van der Waals surface area contributed by atoms with Crippen molar-refractivity contribution in [2.45, 2.75) is 25.8 Å². The quantitative estimate of drug-likeness (QED) is 0.501. The van der Waals surface area contributed by atoms with Crippen LogP contribution in [0.5, 0.6) is 0 Å². The van der Waals surface area contributed by atoms with Crippen molar-refractivity contribution in [3.8, 4) is 0 Å². The van der Waals surface area contributed by atoms with Gasteiger partial charge in [-0.1, -0.05) is 22.0 Å². The monoisotopic (exact) mass is 448 g/mol.